The minimum Gasteiger partial charge on any atom is -0.467 e. The number of carbonyl (C=O) groups excluding carboxylic acids is 6. The molecule has 1 fully saturated rings. The van der Waals surface area contributed by atoms with Gasteiger partial charge >= 0.3 is 18.0 Å². The highest BCUT2D eigenvalue weighted by molar-refractivity contribution is 7.11. The summed E-state index contributed by atoms with van der Waals surface area (Å²) in [6.07, 6.45) is 2.68. The Morgan fingerprint density at radius 1 is 1.13 bits per heavy atom. The highest BCUT2D eigenvalue weighted by Crippen LogP contribution is 2.22. The minimum absolute atomic E-state index is 0.00712. The second kappa shape index (κ2) is 15.2. The first kappa shape index (κ1) is 35.1. The Kier molecular flexibility index (Phi) is 11.3. The molecule has 3 heterocycles. The number of benzene rings is 1. The van der Waals surface area contributed by atoms with Gasteiger partial charge in [0, 0.05) is 23.9 Å². The second-order valence-corrected chi connectivity index (χ2v) is 13.3. The molecule has 252 valence electrons. The van der Waals surface area contributed by atoms with E-state index in [4.69, 9.17) is 14.2 Å². The van der Waals surface area contributed by atoms with Crippen molar-refractivity contribution < 1.29 is 43.0 Å². The third kappa shape index (κ3) is 9.37. The van der Waals surface area contributed by atoms with E-state index in [0.29, 0.717) is 33.9 Å². The molecule has 4 amide bonds. The number of rotatable bonds is 2. The van der Waals surface area contributed by atoms with Crippen LogP contribution < -0.4 is 16.0 Å². The fourth-order valence-corrected chi connectivity index (χ4v) is 6.05. The molecule has 1 saturated heterocycles. The molecular formula is C32H39N5O9S. The number of carbonyl (C=O) groups is 6. The normalized spacial score (nSPS) is 22.0. The van der Waals surface area contributed by atoms with E-state index in [1.165, 1.54) is 29.4 Å². The van der Waals surface area contributed by atoms with Gasteiger partial charge in [0.2, 0.25) is 11.8 Å². The highest BCUT2D eigenvalue weighted by Gasteiger charge is 2.39. The van der Waals surface area contributed by atoms with E-state index in [1.54, 1.807) is 52.0 Å². The Balaban J connectivity index is 1.68. The zero-order valence-corrected chi connectivity index (χ0v) is 27.7. The number of esters is 2. The van der Waals surface area contributed by atoms with Crippen molar-refractivity contribution in [1.82, 2.24) is 25.8 Å². The molecule has 3 atom stereocenters. The first-order valence-corrected chi connectivity index (χ1v) is 15.9. The van der Waals surface area contributed by atoms with E-state index < -0.39 is 66.1 Å². The smallest absolute Gasteiger partial charge is 0.408 e. The fraction of sp³-hybridized carbons (Fsp3) is 0.469. The van der Waals surface area contributed by atoms with Crippen molar-refractivity contribution in [3.8, 4) is 0 Å². The Labute approximate surface area is 276 Å². The molecule has 0 spiro atoms. The summed E-state index contributed by atoms with van der Waals surface area (Å²) >= 11 is 1.21. The first-order valence-electron chi connectivity index (χ1n) is 15.1. The van der Waals surface area contributed by atoms with Crippen LogP contribution in [0.25, 0.3) is 6.08 Å². The summed E-state index contributed by atoms with van der Waals surface area (Å²) < 4.78 is 15.7. The van der Waals surface area contributed by atoms with Crippen LogP contribution in [-0.2, 0) is 46.4 Å². The largest absolute Gasteiger partial charge is 0.467 e. The zero-order valence-electron chi connectivity index (χ0n) is 26.9. The Hall–Kier alpha value is -4.79. The quantitative estimate of drug-likeness (QED) is 0.316. The SMILES string of the molecule is COC(=O)[C@@H]1Cc2ccccc2/C=C/C(=O)OC[C@H](NC(=O)OC(C)(C)C)C(=O)N2CCC[C@H]2C(=O)NCc2nc(c(C)s2)C(=O)N1. The van der Waals surface area contributed by atoms with Crippen LogP contribution in [0, 0.1) is 6.92 Å². The summed E-state index contributed by atoms with van der Waals surface area (Å²) in [4.78, 5) is 84.8. The first-order chi connectivity index (χ1) is 22.3. The van der Waals surface area contributed by atoms with Gasteiger partial charge in [-0.2, -0.15) is 0 Å². The molecule has 2 bridgehead atoms. The number of aryl methyl sites for hydroxylation is 1. The van der Waals surface area contributed by atoms with Crippen LogP contribution >= 0.6 is 11.3 Å². The third-order valence-corrected chi connectivity index (χ3v) is 8.33. The van der Waals surface area contributed by atoms with Gasteiger partial charge in [-0.25, -0.2) is 19.4 Å². The number of amides is 4. The minimum atomic E-state index is -1.33. The van der Waals surface area contributed by atoms with Crippen LogP contribution in [0.1, 0.15) is 65.1 Å². The molecule has 2 aromatic rings. The van der Waals surface area contributed by atoms with Gasteiger partial charge in [-0.3, -0.25) is 14.4 Å². The van der Waals surface area contributed by atoms with Crippen molar-refractivity contribution in [3.63, 3.8) is 0 Å². The molecule has 1 aromatic carbocycles. The molecule has 2 aliphatic heterocycles. The maximum absolute atomic E-state index is 13.7. The van der Waals surface area contributed by atoms with Crippen LogP contribution in [0.3, 0.4) is 0 Å². The standard InChI is InChI=1S/C32H39N5O9S/c1-18-26-28(40)34-21(30(42)44-5)15-20-10-7-6-9-19(20)12-13-25(38)45-17-22(35-31(43)46-32(2,3)4)29(41)37-14-8-11-23(37)27(39)33-16-24(36-26)47-18/h6-7,9-10,12-13,21-23H,8,11,14-17H2,1-5H3,(H,33,39)(H,34,40)(H,35,43)/b13-12+/t21-,22-,23-/m0/s1. The van der Waals surface area contributed by atoms with Gasteiger partial charge in [0.15, 0.2) is 0 Å². The molecule has 14 nitrogen and oxygen atoms in total. The van der Waals surface area contributed by atoms with Crippen molar-refractivity contribution in [1.29, 1.82) is 0 Å². The number of hydrogen-bond donors (Lipinski definition) is 3. The van der Waals surface area contributed by atoms with E-state index in [-0.39, 0.29) is 25.2 Å². The lowest BCUT2D eigenvalue weighted by atomic mass is 9.99. The predicted octanol–water partition coefficient (Wildman–Crippen LogP) is 2.04. The molecule has 0 unspecified atom stereocenters. The van der Waals surface area contributed by atoms with E-state index in [9.17, 15) is 28.8 Å². The van der Waals surface area contributed by atoms with Gasteiger partial charge in [-0.15, -0.1) is 11.3 Å². The Morgan fingerprint density at radius 2 is 1.87 bits per heavy atom. The number of fused-ring (bicyclic) bond motifs is 4. The predicted molar refractivity (Wildman–Crippen MR) is 170 cm³/mol. The van der Waals surface area contributed by atoms with Crippen molar-refractivity contribution in [3.05, 3.63) is 57.0 Å². The van der Waals surface area contributed by atoms with Crippen LogP contribution in [0.15, 0.2) is 30.3 Å². The molecule has 0 aliphatic carbocycles. The molecule has 3 N–H and O–H groups in total. The summed E-state index contributed by atoms with van der Waals surface area (Å²) in [6.45, 7) is 6.42. The second-order valence-electron chi connectivity index (χ2n) is 12.0. The highest BCUT2D eigenvalue weighted by atomic mass is 32.1. The van der Waals surface area contributed by atoms with E-state index in [2.05, 4.69) is 20.9 Å². The maximum Gasteiger partial charge on any atom is 0.408 e. The summed E-state index contributed by atoms with van der Waals surface area (Å²) in [5, 5.41) is 8.42. The van der Waals surface area contributed by atoms with Crippen LogP contribution in [0.5, 0.6) is 0 Å². The molecule has 4 rings (SSSR count). The molecular weight excluding hydrogens is 630 g/mol. The summed E-state index contributed by atoms with van der Waals surface area (Å²) in [5.41, 5.74) is 0.429. The number of cyclic esters (lactones) is 1. The molecule has 0 saturated carbocycles. The Bertz CT molecular complexity index is 1560. The molecule has 0 radical (unpaired) electrons. The van der Waals surface area contributed by atoms with Crippen molar-refractivity contribution in [2.45, 2.75) is 77.2 Å². The van der Waals surface area contributed by atoms with Crippen LogP contribution in [0.4, 0.5) is 4.79 Å². The molecule has 15 heteroatoms. The van der Waals surface area contributed by atoms with E-state index >= 15 is 0 Å². The lowest BCUT2D eigenvalue weighted by Crippen LogP contribution is -2.55. The number of alkyl carbamates (subject to hydrolysis) is 1. The number of ether oxygens (including phenoxy) is 3. The lowest BCUT2D eigenvalue weighted by Gasteiger charge is -2.29. The molecule has 47 heavy (non-hydrogen) atoms. The summed E-state index contributed by atoms with van der Waals surface area (Å²) in [5.74, 6) is -3.13. The van der Waals surface area contributed by atoms with Gasteiger partial charge in [-0.1, -0.05) is 24.3 Å². The zero-order chi connectivity index (χ0) is 34.3. The topological polar surface area (TPSA) is 182 Å². The van der Waals surface area contributed by atoms with Crippen molar-refractivity contribution in [2.24, 2.45) is 0 Å². The average Bonchev–Trinajstić information content (AvgIpc) is 3.66. The van der Waals surface area contributed by atoms with Gasteiger partial charge < -0.3 is 35.1 Å². The number of nitrogens with one attached hydrogen (secondary N) is 3. The number of hydrogen-bond acceptors (Lipinski definition) is 11. The maximum atomic E-state index is 13.7. The van der Waals surface area contributed by atoms with Crippen molar-refractivity contribution in [2.75, 3.05) is 20.3 Å². The number of nitrogens with zero attached hydrogens (tertiary/aromatic N) is 2. The summed E-state index contributed by atoms with van der Waals surface area (Å²) in [7, 11) is 1.21. The molecule has 2 aliphatic rings. The van der Waals surface area contributed by atoms with E-state index in [1.807, 2.05) is 0 Å². The van der Waals surface area contributed by atoms with Gasteiger partial charge in [0.25, 0.3) is 5.91 Å². The van der Waals surface area contributed by atoms with Gasteiger partial charge in [0.05, 0.1) is 13.7 Å². The number of methoxy groups -OCH3 is 1. The van der Waals surface area contributed by atoms with Crippen LogP contribution in [0.2, 0.25) is 0 Å². The average molecular weight is 670 g/mol. The third-order valence-electron chi connectivity index (χ3n) is 7.36. The van der Waals surface area contributed by atoms with Gasteiger partial charge in [0.1, 0.15) is 41.0 Å². The van der Waals surface area contributed by atoms with E-state index in [0.717, 1.165) is 6.08 Å². The number of thiazole rings is 1. The lowest BCUT2D eigenvalue weighted by molar-refractivity contribution is -0.145. The van der Waals surface area contributed by atoms with Crippen molar-refractivity contribution >= 4 is 53.2 Å². The summed E-state index contributed by atoms with van der Waals surface area (Å²) in [6, 6.07) is 3.68. The number of aromatic nitrogens is 1. The molecule has 1 aromatic heterocycles. The Morgan fingerprint density at radius 3 is 2.60 bits per heavy atom. The monoisotopic (exact) mass is 669 g/mol. The fourth-order valence-electron chi connectivity index (χ4n) is 5.18. The van der Waals surface area contributed by atoms with Crippen LogP contribution in [-0.4, -0.2) is 89.6 Å². The van der Waals surface area contributed by atoms with Gasteiger partial charge in [-0.05, 0) is 57.7 Å².